The van der Waals surface area contributed by atoms with Gasteiger partial charge < -0.3 is 14.2 Å². The van der Waals surface area contributed by atoms with E-state index in [0.717, 1.165) is 5.56 Å². The van der Waals surface area contributed by atoms with E-state index in [1.54, 1.807) is 30.8 Å². The second kappa shape index (κ2) is 6.47. The van der Waals surface area contributed by atoms with Crippen molar-refractivity contribution < 1.29 is 14.0 Å². The lowest BCUT2D eigenvalue weighted by atomic mass is 10.1. The molecule has 1 aromatic heterocycles. The lowest BCUT2D eigenvalue weighted by Gasteiger charge is -2.17. The highest BCUT2D eigenvalue weighted by Crippen LogP contribution is 2.25. The molecule has 2 aromatic rings. The average Bonchev–Trinajstić information content (AvgIpc) is 3.21. The van der Waals surface area contributed by atoms with Gasteiger partial charge in [0.2, 0.25) is 17.6 Å². The number of benzene rings is 1. The number of amides is 2. The van der Waals surface area contributed by atoms with Crippen LogP contribution < -0.4 is 0 Å². The molecule has 1 aromatic carbocycles. The second-order valence-electron chi connectivity index (χ2n) is 6.27. The van der Waals surface area contributed by atoms with Gasteiger partial charge in [-0.3, -0.25) is 9.59 Å². The number of aryl methyl sites for hydroxylation is 1. The topological polar surface area (TPSA) is 66.7 Å². The van der Waals surface area contributed by atoms with Crippen molar-refractivity contribution in [2.24, 2.45) is 5.92 Å². The number of nitrogens with zero attached hydrogens (tertiary/aromatic N) is 3. The molecule has 1 saturated heterocycles. The Kier molecular flexibility index (Phi) is 4.38. The van der Waals surface area contributed by atoms with E-state index in [-0.39, 0.29) is 23.5 Å². The fourth-order valence-corrected chi connectivity index (χ4v) is 2.95. The van der Waals surface area contributed by atoms with Gasteiger partial charge in [0.05, 0.1) is 11.6 Å². The van der Waals surface area contributed by atoms with Crippen molar-refractivity contribution >= 4 is 11.8 Å². The molecule has 6 heteroatoms. The van der Waals surface area contributed by atoms with Crippen molar-refractivity contribution in [3.05, 3.63) is 41.8 Å². The second-order valence-corrected chi connectivity index (χ2v) is 6.27. The number of likely N-dealkylation sites (tertiary alicyclic amines) is 1. The molecule has 126 valence electrons. The van der Waals surface area contributed by atoms with Crippen LogP contribution in [-0.4, -0.2) is 53.8 Å². The van der Waals surface area contributed by atoms with Gasteiger partial charge in [-0.05, 0) is 25.5 Å². The summed E-state index contributed by atoms with van der Waals surface area (Å²) in [4.78, 5) is 32.4. The number of aromatic nitrogens is 1. The molecule has 1 atom stereocenters. The average molecular weight is 327 g/mol. The standard InChI is InChI=1S/C18H21N3O3/c1-12-15(24-16(19-12)13-7-5-4-6-8-13)18(23)21-10-9-14(11-21)17(22)20(2)3/h4-8,14H,9-11H2,1-3H3/t14-/m0/s1. The van der Waals surface area contributed by atoms with Crippen LogP contribution in [0.25, 0.3) is 11.5 Å². The van der Waals surface area contributed by atoms with Crippen molar-refractivity contribution in [3.8, 4) is 11.5 Å². The smallest absolute Gasteiger partial charge is 0.291 e. The molecule has 1 aliphatic heterocycles. The molecule has 0 N–H and O–H groups in total. The number of oxazole rings is 1. The minimum absolute atomic E-state index is 0.0598. The summed E-state index contributed by atoms with van der Waals surface area (Å²) in [5.41, 5.74) is 1.41. The third kappa shape index (κ3) is 3.04. The molecule has 0 bridgehead atoms. The van der Waals surface area contributed by atoms with E-state index in [0.29, 0.717) is 31.1 Å². The molecule has 6 nitrogen and oxygen atoms in total. The van der Waals surface area contributed by atoms with E-state index in [9.17, 15) is 9.59 Å². The SMILES string of the molecule is Cc1nc(-c2ccccc2)oc1C(=O)N1CC[C@H](C(=O)N(C)C)C1. The summed E-state index contributed by atoms with van der Waals surface area (Å²) in [5.74, 6) is 0.421. The van der Waals surface area contributed by atoms with Gasteiger partial charge in [-0.25, -0.2) is 4.98 Å². The number of hydrogen-bond donors (Lipinski definition) is 0. The van der Waals surface area contributed by atoms with E-state index in [1.165, 1.54) is 0 Å². The molecule has 0 spiro atoms. The van der Waals surface area contributed by atoms with Crippen molar-refractivity contribution in [1.82, 2.24) is 14.8 Å². The largest absolute Gasteiger partial charge is 0.431 e. The van der Waals surface area contributed by atoms with Crippen LogP contribution >= 0.6 is 0 Å². The van der Waals surface area contributed by atoms with Crippen molar-refractivity contribution in [2.75, 3.05) is 27.2 Å². The predicted octanol–water partition coefficient (Wildman–Crippen LogP) is 2.20. The first kappa shape index (κ1) is 16.2. The number of carbonyl (C=O) groups is 2. The van der Waals surface area contributed by atoms with Gasteiger partial charge in [-0.2, -0.15) is 0 Å². The van der Waals surface area contributed by atoms with Crippen molar-refractivity contribution in [2.45, 2.75) is 13.3 Å². The summed E-state index contributed by atoms with van der Waals surface area (Å²) in [5, 5.41) is 0. The maximum Gasteiger partial charge on any atom is 0.291 e. The summed E-state index contributed by atoms with van der Waals surface area (Å²) in [6, 6.07) is 9.49. The Labute approximate surface area is 141 Å². The maximum atomic E-state index is 12.7. The van der Waals surface area contributed by atoms with Crippen LogP contribution in [-0.2, 0) is 4.79 Å². The highest BCUT2D eigenvalue weighted by Gasteiger charge is 2.34. The number of hydrogen-bond acceptors (Lipinski definition) is 4. The number of carbonyl (C=O) groups excluding carboxylic acids is 2. The zero-order valence-corrected chi connectivity index (χ0v) is 14.2. The molecule has 3 rings (SSSR count). The predicted molar refractivity (Wildman–Crippen MR) is 89.4 cm³/mol. The Bertz CT molecular complexity index is 752. The zero-order valence-electron chi connectivity index (χ0n) is 14.2. The molecular weight excluding hydrogens is 306 g/mol. The maximum absolute atomic E-state index is 12.7. The fourth-order valence-electron chi connectivity index (χ4n) is 2.95. The van der Waals surface area contributed by atoms with Crippen molar-refractivity contribution in [3.63, 3.8) is 0 Å². The quantitative estimate of drug-likeness (QED) is 0.867. The number of rotatable bonds is 3. The first-order valence-electron chi connectivity index (χ1n) is 8.00. The minimum Gasteiger partial charge on any atom is -0.431 e. The monoisotopic (exact) mass is 327 g/mol. The Balaban J connectivity index is 1.77. The lowest BCUT2D eigenvalue weighted by Crippen LogP contribution is -2.34. The van der Waals surface area contributed by atoms with Gasteiger partial charge in [0.15, 0.2) is 0 Å². The first-order chi connectivity index (χ1) is 11.5. The van der Waals surface area contributed by atoms with Crippen LogP contribution in [0.3, 0.4) is 0 Å². The van der Waals surface area contributed by atoms with Gasteiger partial charge in [0.1, 0.15) is 0 Å². The van der Waals surface area contributed by atoms with Crippen LogP contribution in [0.2, 0.25) is 0 Å². The van der Waals surface area contributed by atoms with E-state index in [2.05, 4.69) is 4.98 Å². The molecule has 1 fully saturated rings. The Morgan fingerprint density at radius 1 is 1.25 bits per heavy atom. The van der Waals surface area contributed by atoms with Gasteiger partial charge in [-0.15, -0.1) is 0 Å². The van der Waals surface area contributed by atoms with Gasteiger partial charge in [-0.1, -0.05) is 18.2 Å². The molecule has 1 aliphatic rings. The van der Waals surface area contributed by atoms with Crippen LogP contribution in [0, 0.1) is 12.8 Å². The van der Waals surface area contributed by atoms with E-state index < -0.39 is 0 Å². The summed E-state index contributed by atoms with van der Waals surface area (Å²) in [6.45, 7) is 2.75. The highest BCUT2D eigenvalue weighted by atomic mass is 16.4. The normalized spacial score (nSPS) is 17.1. The molecule has 0 radical (unpaired) electrons. The molecule has 2 heterocycles. The van der Waals surface area contributed by atoms with E-state index in [4.69, 9.17) is 4.42 Å². The van der Waals surface area contributed by atoms with E-state index >= 15 is 0 Å². The van der Waals surface area contributed by atoms with Gasteiger partial charge in [0.25, 0.3) is 5.91 Å². The fraction of sp³-hybridized carbons (Fsp3) is 0.389. The first-order valence-corrected chi connectivity index (χ1v) is 8.00. The zero-order chi connectivity index (χ0) is 17.3. The van der Waals surface area contributed by atoms with Crippen molar-refractivity contribution in [1.29, 1.82) is 0 Å². The van der Waals surface area contributed by atoms with Gasteiger partial charge >= 0.3 is 0 Å². The third-order valence-corrected chi connectivity index (χ3v) is 4.28. The van der Waals surface area contributed by atoms with Crippen LogP contribution in [0.15, 0.2) is 34.7 Å². The minimum atomic E-state index is -0.198. The summed E-state index contributed by atoms with van der Waals surface area (Å²) in [7, 11) is 3.47. The summed E-state index contributed by atoms with van der Waals surface area (Å²) in [6.07, 6.45) is 0.682. The highest BCUT2D eigenvalue weighted by molar-refractivity contribution is 5.93. The van der Waals surface area contributed by atoms with Crippen LogP contribution in [0.5, 0.6) is 0 Å². The molecule has 0 aliphatic carbocycles. The Morgan fingerprint density at radius 2 is 1.96 bits per heavy atom. The Hall–Kier alpha value is -2.63. The van der Waals surface area contributed by atoms with Crippen LogP contribution in [0.1, 0.15) is 22.7 Å². The van der Waals surface area contributed by atoms with Gasteiger partial charge in [0, 0.05) is 32.7 Å². The van der Waals surface area contributed by atoms with Crippen LogP contribution in [0.4, 0.5) is 0 Å². The molecule has 0 unspecified atom stereocenters. The summed E-state index contributed by atoms with van der Waals surface area (Å²) < 4.78 is 5.72. The molecule has 24 heavy (non-hydrogen) atoms. The molecule has 2 amide bonds. The molecule has 0 saturated carbocycles. The Morgan fingerprint density at radius 3 is 2.62 bits per heavy atom. The summed E-state index contributed by atoms with van der Waals surface area (Å²) >= 11 is 0. The lowest BCUT2D eigenvalue weighted by molar-refractivity contribution is -0.132. The molecular formula is C18H21N3O3. The third-order valence-electron chi connectivity index (χ3n) is 4.28. The van der Waals surface area contributed by atoms with E-state index in [1.807, 2.05) is 30.3 Å².